The van der Waals surface area contributed by atoms with Crippen LogP contribution in [-0.4, -0.2) is 70.0 Å². The molecule has 1 aliphatic rings. The van der Waals surface area contributed by atoms with Crippen LogP contribution in [0.25, 0.3) is 6.08 Å². The van der Waals surface area contributed by atoms with Crippen molar-refractivity contribution in [1.82, 2.24) is 14.5 Å². The molecule has 0 unspecified atom stereocenters. The average Bonchev–Trinajstić information content (AvgIpc) is 2.83. The number of ether oxygens (including phenoxy) is 1. The van der Waals surface area contributed by atoms with Crippen molar-refractivity contribution in [1.29, 1.82) is 0 Å². The van der Waals surface area contributed by atoms with Gasteiger partial charge in [-0.25, -0.2) is 8.42 Å². The van der Waals surface area contributed by atoms with Crippen molar-refractivity contribution in [3.05, 3.63) is 66.2 Å². The maximum atomic E-state index is 13.2. The molecule has 178 valence electrons. The monoisotopic (exact) mass is 471 g/mol. The van der Waals surface area contributed by atoms with Crippen molar-refractivity contribution in [2.75, 3.05) is 39.8 Å². The number of carbonyl (C=O) groups is 1. The number of hydrogen-bond acceptors (Lipinski definition) is 5. The molecule has 0 aliphatic carbocycles. The van der Waals surface area contributed by atoms with Gasteiger partial charge in [-0.3, -0.25) is 9.69 Å². The van der Waals surface area contributed by atoms with Crippen LogP contribution in [0, 0.1) is 5.92 Å². The lowest BCUT2D eigenvalue weighted by Crippen LogP contribution is -2.56. The van der Waals surface area contributed by atoms with Crippen LogP contribution < -0.4 is 9.46 Å². The Hall–Kier alpha value is -2.68. The zero-order chi connectivity index (χ0) is 23.8. The summed E-state index contributed by atoms with van der Waals surface area (Å²) in [4.78, 5) is 17.4. The van der Waals surface area contributed by atoms with Gasteiger partial charge in [0.15, 0.2) is 0 Å². The van der Waals surface area contributed by atoms with E-state index in [-0.39, 0.29) is 16.7 Å². The van der Waals surface area contributed by atoms with Gasteiger partial charge in [-0.05, 0) is 35.7 Å². The van der Waals surface area contributed by atoms with Crippen molar-refractivity contribution in [3.8, 4) is 5.75 Å². The van der Waals surface area contributed by atoms with Crippen molar-refractivity contribution in [2.24, 2.45) is 5.92 Å². The van der Waals surface area contributed by atoms with Gasteiger partial charge in [-0.2, -0.15) is 4.72 Å². The number of piperazine rings is 1. The number of sulfonamides is 1. The molecule has 1 N–H and O–H groups in total. The molecule has 7 nitrogen and oxygen atoms in total. The Morgan fingerprint density at radius 2 is 1.67 bits per heavy atom. The molecule has 1 atom stereocenters. The predicted molar refractivity (Wildman–Crippen MR) is 130 cm³/mol. The highest BCUT2D eigenvalue weighted by Crippen LogP contribution is 2.18. The minimum Gasteiger partial charge on any atom is -0.497 e. The van der Waals surface area contributed by atoms with Crippen LogP contribution in [0.4, 0.5) is 0 Å². The highest BCUT2D eigenvalue weighted by Gasteiger charge is 2.33. The van der Waals surface area contributed by atoms with E-state index in [0.29, 0.717) is 18.8 Å². The smallest absolute Gasteiger partial charge is 0.241 e. The van der Waals surface area contributed by atoms with Crippen molar-refractivity contribution in [2.45, 2.75) is 24.8 Å². The lowest BCUT2D eigenvalue weighted by molar-refractivity contribution is -0.135. The molecule has 1 amide bonds. The van der Waals surface area contributed by atoms with Gasteiger partial charge >= 0.3 is 0 Å². The van der Waals surface area contributed by atoms with E-state index >= 15 is 0 Å². The van der Waals surface area contributed by atoms with Crippen LogP contribution in [-0.2, 0) is 14.8 Å². The quantitative estimate of drug-likeness (QED) is 0.609. The Morgan fingerprint density at radius 1 is 1.03 bits per heavy atom. The van der Waals surface area contributed by atoms with E-state index in [1.807, 2.05) is 32.0 Å². The van der Waals surface area contributed by atoms with Crippen molar-refractivity contribution in [3.63, 3.8) is 0 Å². The lowest BCUT2D eigenvalue weighted by Gasteiger charge is -2.36. The molecule has 0 bridgehead atoms. The summed E-state index contributed by atoms with van der Waals surface area (Å²) in [6.07, 6.45) is 4.23. The largest absolute Gasteiger partial charge is 0.497 e. The summed E-state index contributed by atoms with van der Waals surface area (Å²) < 4.78 is 33.5. The first kappa shape index (κ1) is 25.0. The summed E-state index contributed by atoms with van der Waals surface area (Å²) in [5.74, 6) is 0.209. The maximum Gasteiger partial charge on any atom is 0.241 e. The minimum atomic E-state index is -3.83. The average molecular weight is 472 g/mol. The highest BCUT2D eigenvalue weighted by molar-refractivity contribution is 7.89. The van der Waals surface area contributed by atoms with Gasteiger partial charge < -0.3 is 9.64 Å². The molecule has 1 aliphatic heterocycles. The summed E-state index contributed by atoms with van der Waals surface area (Å²) in [5.41, 5.74) is 1.16. The van der Waals surface area contributed by atoms with Crippen LogP contribution in [0.15, 0.2) is 65.6 Å². The predicted octanol–water partition coefficient (Wildman–Crippen LogP) is 2.86. The molecular weight excluding hydrogens is 438 g/mol. The normalized spacial score (nSPS) is 16.3. The second-order valence-electron chi connectivity index (χ2n) is 8.46. The summed E-state index contributed by atoms with van der Waals surface area (Å²) in [6.45, 7) is 7.17. The van der Waals surface area contributed by atoms with Crippen LogP contribution in [0.5, 0.6) is 5.75 Å². The van der Waals surface area contributed by atoms with Gasteiger partial charge in [0.1, 0.15) is 11.8 Å². The molecule has 3 rings (SSSR count). The topological polar surface area (TPSA) is 78.9 Å². The number of carbonyl (C=O) groups excluding carboxylic acids is 1. The Bertz CT molecular complexity index is 1030. The summed E-state index contributed by atoms with van der Waals surface area (Å²) in [6, 6.07) is 15.5. The molecule has 0 aromatic heterocycles. The molecule has 1 heterocycles. The zero-order valence-corrected chi connectivity index (χ0v) is 20.3. The second-order valence-corrected chi connectivity index (χ2v) is 10.2. The van der Waals surface area contributed by atoms with Gasteiger partial charge in [0.05, 0.1) is 12.0 Å². The SMILES string of the molecule is COc1ccc(S(=O)(=O)N[C@H](C(=O)N2CCN(C/C=C/c3ccccc3)CC2)C(C)C)cc1. The van der Waals surface area contributed by atoms with E-state index in [1.54, 1.807) is 17.0 Å². The fourth-order valence-corrected chi connectivity index (χ4v) is 5.05. The molecule has 0 radical (unpaired) electrons. The first-order chi connectivity index (χ1) is 15.8. The number of rotatable bonds is 9. The molecule has 1 fully saturated rings. The third-order valence-electron chi connectivity index (χ3n) is 5.74. The number of nitrogens with one attached hydrogen (secondary N) is 1. The third-order valence-corrected chi connectivity index (χ3v) is 7.20. The van der Waals surface area contributed by atoms with Gasteiger partial charge in [0.25, 0.3) is 0 Å². The Balaban J connectivity index is 1.57. The number of hydrogen-bond donors (Lipinski definition) is 1. The number of methoxy groups -OCH3 is 1. The lowest BCUT2D eigenvalue weighted by atomic mass is 10.0. The highest BCUT2D eigenvalue weighted by atomic mass is 32.2. The van der Waals surface area contributed by atoms with Crippen molar-refractivity contribution >= 4 is 22.0 Å². The molecule has 8 heteroatoms. The molecule has 1 saturated heterocycles. The van der Waals surface area contributed by atoms with E-state index in [9.17, 15) is 13.2 Å². The summed E-state index contributed by atoms with van der Waals surface area (Å²) in [5, 5.41) is 0. The van der Waals surface area contributed by atoms with E-state index in [0.717, 1.165) is 25.2 Å². The fraction of sp³-hybridized carbons (Fsp3) is 0.400. The van der Waals surface area contributed by atoms with E-state index in [4.69, 9.17) is 4.74 Å². The molecule has 2 aromatic carbocycles. The molecule has 0 spiro atoms. The fourth-order valence-electron chi connectivity index (χ4n) is 3.71. The van der Waals surface area contributed by atoms with E-state index < -0.39 is 16.1 Å². The Morgan fingerprint density at radius 3 is 2.24 bits per heavy atom. The van der Waals surface area contributed by atoms with Crippen LogP contribution in [0.2, 0.25) is 0 Å². The number of nitrogens with zero attached hydrogens (tertiary/aromatic N) is 2. The van der Waals surface area contributed by atoms with Gasteiger partial charge in [-0.1, -0.05) is 56.3 Å². The first-order valence-electron chi connectivity index (χ1n) is 11.2. The zero-order valence-electron chi connectivity index (χ0n) is 19.5. The van der Waals surface area contributed by atoms with Gasteiger partial charge in [0, 0.05) is 32.7 Å². The van der Waals surface area contributed by atoms with E-state index in [2.05, 4.69) is 33.9 Å². The van der Waals surface area contributed by atoms with Crippen LogP contribution >= 0.6 is 0 Å². The van der Waals surface area contributed by atoms with Crippen molar-refractivity contribution < 1.29 is 17.9 Å². The Labute approximate surface area is 197 Å². The van der Waals surface area contributed by atoms with Crippen LogP contribution in [0.3, 0.4) is 0 Å². The summed E-state index contributed by atoms with van der Waals surface area (Å²) >= 11 is 0. The number of amides is 1. The minimum absolute atomic E-state index is 0.108. The third kappa shape index (κ3) is 6.90. The molecule has 0 saturated carbocycles. The van der Waals surface area contributed by atoms with E-state index in [1.165, 1.54) is 19.2 Å². The molecule has 33 heavy (non-hydrogen) atoms. The number of benzene rings is 2. The summed E-state index contributed by atoms with van der Waals surface area (Å²) in [7, 11) is -2.31. The standard InChI is InChI=1S/C25H33N3O4S/c1-20(2)24(26-33(30,31)23-13-11-22(32-3)12-14-23)25(29)28-18-16-27(17-19-28)15-7-10-21-8-5-4-6-9-21/h4-14,20,24,26H,15-19H2,1-3H3/b10-7+/t24-/m0/s1. The Kier molecular flexibility index (Phi) is 8.66. The molecular formula is C25H33N3O4S. The maximum absolute atomic E-state index is 13.2. The van der Waals surface area contributed by atoms with Gasteiger partial charge in [0.2, 0.25) is 15.9 Å². The first-order valence-corrected chi connectivity index (χ1v) is 12.7. The second kappa shape index (κ2) is 11.4. The molecule has 2 aromatic rings. The van der Waals surface area contributed by atoms with Gasteiger partial charge in [-0.15, -0.1) is 0 Å². The van der Waals surface area contributed by atoms with Crippen LogP contribution in [0.1, 0.15) is 19.4 Å².